The first-order valence-corrected chi connectivity index (χ1v) is 7.60. The third-order valence-corrected chi connectivity index (χ3v) is 4.05. The van der Waals surface area contributed by atoms with E-state index in [1.54, 1.807) is 18.2 Å². The molecule has 0 aliphatic heterocycles. The van der Waals surface area contributed by atoms with Gasteiger partial charge in [-0.3, -0.25) is 10.1 Å². The highest BCUT2D eigenvalue weighted by Gasteiger charge is 2.12. The van der Waals surface area contributed by atoms with E-state index in [0.29, 0.717) is 12.1 Å². The number of nitrogens with one attached hydrogen (secondary N) is 1. The molecule has 3 aromatic carbocycles. The second-order valence-electron chi connectivity index (χ2n) is 5.55. The second-order valence-corrected chi connectivity index (χ2v) is 5.55. The number of anilines is 1. The van der Waals surface area contributed by atoms with Gasteiger partial charge >= 0.3 is 0 Å². The lowest BCUT2D eigenvalue weighted by Gasteiger charge is -2.07. The van der Waals surface area contributed by atoms with Crippen LogP contribution in [0.25, 0.3) is 21.9 Å². The summed E-state index contributed by atoms with van der Waals surface area (Å²) in [6.45, 7) is 0.387. The van der Waals surface area contributed by atoms with E-state index in [0.717, 1.165) is 27.6 Å². The van der Waals surface area contributed by atoms with Crippen LogP contribution in [0.15, 0.2) is 71.1 Å². The number of furan rings is 1. The van der Waals surface area contributed by atoms with Gasteiger partial charge in [0.1, 0.15) is 11.2 Å². The number of hydrogen-bond donors (Lipinski definition) is 1. The molecule has 0 atom stereocenters. The lowest BCUT2D eigenvalue weighted by atomic mass is 10.1. The summed E-state index contributed by atoms with van der Waals surface area (Å²) in [6, 6.07) is 20.5. The fourth-order valence-corrected chi connectivity index (χ4v) is 2.87. The number of nitro groups is 1. The zero-order valence-electron chi connectivity index (χ0n) is 12.7. The Balaban J connectivity index is 1.66. The molecule has 0 spiro atoms. The molecule has 0 unspecified atom stereocenters. The van der Waals surface area contributed by atoms with Crippen LogP contribution in [0.5, 0.6) is 0 Å². The molecule has 0 fully saturated rings. The van der Waals surface area contributed by atoms with Crippen LogP contribution in [0.3, 0.4) is 0 Å². The maximum Gasteiger partial charge on any atom is 0.274 e. The highest BCUT2D eigenvalue weighted by Crippen LogP contribution is 2.30. The fourth-order valence-electron chi connectivity index (χ4n) is 2.87. The van der Waals surface area contributed by atoms with Crippen molar-refractivity contribution in [3.63, 3.8) is 0 Å². The molecular weight excluding hydrogens is 304 g/mol. The Morgan fingerprint density at radius 1 is 0.917 bits per heavy atom. The van der Waals surface area contributed by atoms with Crippen LogP contribution in [0.4, 0.5) is 11.4 Å². The van der Waals surface area contributed by atoms with E-state index in [9.17, 15) is 10.1 Å². The molecule has 0 bridgehead atoms. The maximum absolute atomic E-state index is 11.1. The molecule has 4 rings (SSSR count). The monoisotopic (exact) mass is 318 g/mol. The van der Waals surface area contributed by atoms with E-state index >= 15 is 0 Å². The van der Waals surface area contributed by atoms with Gasteiger partial charge in [0.25, 0.3) is 5.69 Å². The molecule has 0 saturated heterocycles. The average molecular weight is 318 g/mol. The Morgan fingerprint density at radius 3 is 2.54 bits per heavy atom. The van der Waals surface area contributed by atoms with Gasteiger partial charge in [0.05, 0.1) is 4.92 Å². The molecule has 5 heteroatoms. The lowest BCUT2D eigenvalue weighted by Crippen LogP contribution is -2.02. The van der Waals surface area contributed by atoms with Gasteiger partial charge in [0.15, 0.2) is 0 Å². The van der Waals surface area contributed by atoms with Gasteiger partial charge in [-0.2, -0.15) is 0 Å². The van der Waals surface area contributed by atoms with Crippen molar-refractivity contribution < 1.29 is 9.34 Å². The SMILES string of the molecule is O=[N+]([O-])c1ccccc1CNc1ccc2oc3ccccc3c2c1. The predicted octanol–water partition coefficient (Wildman–Crippen LogP) is 5.11. The standard InChI is InChI=1S/C19H14N2O3/c22-21(23)17-7-3-1-5-13(17)12-20-14-9-10-19-16(11-14)15-6-2-4-8-18(15)24-19/h1-11,20H,12H2. The Bertz CT molecular complexity index is 1050. The Morgan fingerprint density at radius 2 is 1.67 bits per heavy atom. The van der Waals surface area contributed by atoms with E-state index in [2.05, 4.69) is 5.32 Å². The number of fused-ring (bicyclic) bond motifs is 3. The van der Waals surface area contributed by atoms with Crippen LogP contribution in [0, 0.1) is 10.1 Å². The molecule has 0 radical (unpaired) electrons. The highest BCUT2D eigenvalue weighted by atomic mass is 16.6. The normalized spacial score (nSPS) is 11.0. The van der Waals surface area contributed by atoms with Crippen molar-refractivity contribution >= 4 is 33.3 Å². The van der Waals surface area contributed by atoms with Gasteiger partial charge in [-0.1, -0.05) is 36.4 Å². The van der Waals surface area contributed by atoms with Crippen molar-refractivity contribution in [1.29, 1.82) is 0 Å². The molecule has 0 aliphatic rings. The lowest BCUT2D eigenvalue weighted by molar-refractivity contribution is -0.385. The first kappa shape index (κ1) is 14.3. The van der Waals surface area contributed by atoms with Crippen LogP contribution in [0.2, 0.25) is 0 Å². The first-order valence-electron chi connectivity index (χ1n) is 7.60. The maximum atomic E-state index is 11.1. The van der Waals surface area contributed by atoms with Crippen LogP contribution in [0.1, 0.15) is 5.56 Å². The minimum Gasteiger partial charge on any atom is -0.456 e. The molecule has 5 nitrogen and oxygen atoms in total. The van der Waals surface area contributed by atoms with Crippen molar-refractivity contribution in [2.45, 2.75) is 6.54 Å². The van der Waals surface area contributed by atoms with E-state index < -0.39 is 0 Å². The number of nitro benzene ring substituents is 1. The Kier molecular flexibility index (Phi) is 3.39. The van der Waals surface area contributed by atoms with Crippen molar-refractivity contribution in [3.05, 3.63) is 82.4 Å². The minimum absolute atomic E-state index is 0.125. The van der Waals surface area contributed by atoms with Gasteiger partial charge in [0.2, 0.25) is 0 Å². The number of benzene rings is 3. The molecule has 118 valence electrons. The topological polar surface area (TPSA) is 68.3 Å². The molecule has 0 amide bonds. The molecular formula is C19H14N2O3. The van der Waals surface area contributed by atoms with Gasteiger partial charge in [-0.05, 0) is 24.3 Å². The quantitative estimate of drug-likeness (QED) is 0.419. The summed E-state index contributed by atoms with van der Waals surface area (Å²) >= 11 is 0. The summed E-state index contributed by atoms with van der Waals surface area (Å²) < 4.78 is 5.80. The van der Waals surface area contributed by atoms with Crippen molar-refractivity contribution in [2.24, 2.45) is 0 Å². The zero-order chi connectivity index (χ0) is 16.5. The average Bonchev–Trinajstić information content (AvgIpc) is 2.98. The van der Waals surface area contributed by atoms with E-state index in [1.807, 2.05) is 42.5 Å². The van der Waals surface area contributed by atoms with E-state index in [1.165, 1.54) is 6.07 Å². The highest BCUT2D eigenvalue weighted by molar-refractivity contribution is 6.05. The van der Waals surface area contributed by atoms with Crippen LogP contribution in [-0.4, -0.2) is 4.92 Å². The van der Waals surface area contributed by atoms with Crippen molar-refractivity contribution in [1.82, 2.24) is 0 Å². The van der Waals surface area contributed by atoms with E-state index in [-0.39, 0.29) is 10.6 Å². The smallest absolute Gasteiger partial charge is 0.274 e. The van der Waals surface area contributed by atoms with Crippen LogP contribution < -0.4 is 5.32 Å². The number of nitrogens with zero attached hydrogens (tertiary/aromatic N) is 1. The summed E-state index contributed by atoms with van der Waals surface area (Å²) in [5.74, 6) is 0. The predicted molar refractivity (Wildman–Crippen MR) is 94.1 cm³/mol. The summed E-state index contributed by atoms with van der Waals surface area (Å²) in [5.41, 5.74) is 3.35. The van der Waals surface area contributed by atoms with Gasteiger partial charge in [-0.15, -0.1) is 0 Å². The number of rotatable bonds is 4. The third kappa shape index (κ3) is 2.46. The molecule has 24 heavy (non-hydrogen) atoms. The third-order valence-electron chi connectivity index (χ3n) is 4.05. The largest absolute Gasteiger partial charge is 0.456 e. The Hall–Kier alpha value is -3.34. The van der Waals surface area contributed by atoms with Gasteiger partial charge in [0, 0.05) is 34.6 Å². The van der Waals surface area contributed by atoms with Crippen LogP contribution in [-0.2, 0) is 6.54 Å². The van der Waals surface area contributed by atoms with Crippen LogP contribution >= 0.6 is 0 Å². The summed E-state index contributed by atoms with van der Waals surface area (Å²) in [5, 5.41) is 16.4. The fraction of sp³-hybridized carbons (Fsp3) is 0.0526. The minimum atomic E-state index is -0.357. The van der Waals surface area contributed by atoms with Crippen molar-refractivity contribution in [3.8, 4) is 0 Å². The molecule has 0 saturated carbocycles. The van der Waals surface area contributed by atoms with Gasteiger partial charge in [-0.25, -0.2) is 0 Å². The molecule has 1 N–H and O–H groups in total. The van der Waals surface area contributed by atoms with E-state index in [4.69, 9.17) is 4.42 Å². The summed E-state index contributed by atoms with van der Waals surface area (Å²) in [4.78, 5) is 10.7. The second kappa shape index (κ2) is 5.70. The molecule has 1 heterocycles. The molecule has 0 aliphatic carbocycles. The van der Waals surface area contributed by atoms with Gasteiger partial charge < -0.3 is 9.73 Å². The zero-order valence-corrected chi connectivity index (χ0v) is 12.7. The Labute approximate surface area is 137 Å². The molecule has 4 aromatic rings. The number of para-hydroxylation sites is 2. The molecule has 1 aromatic heterocycles. The first-order chi connectivity index (χ1) is 11.7. The number of hydrogen-bond acceptors (Lipinski definition) is 4. The summed E-state index contributed by atoms with van der Waals surface area (Å²) in [6.07, 6.45) is 0. The summed E-state index contributed by atoms with van der Waals surface area (Å²) in [7, 11) is 0. The van der Waals surface area contributed by atoms with Crippen molar-refractivity contribution in [2.75, 3.05) is 5.32 Å².